The molecule has 0 aromatic rings. The van der Waals surface area contributed by atoms with Crippen molar-refractivity contribution in [2.45, 2.75) is 13.0 Å². The molecule has 66 valence electrons. The minimum Gasteiger partial charge on any atom is -0.392 e. The van der Waals surface area contributed by atoms with Crippen LogP contribution in [0.2, 0.25) is 0 Å². The largest absolute Gasteiger partial charge is 0.392 e. The lowest BCUT2D eigenvalue weighted by atomic mass is 10.3. The van der Waals surface area contributed by atoms with Crippen LogP contribution in [-0.2, 0) is 10.8 Å². The molecule has 1 heterocycles. The van der Waals surface area contributed by atoms with Crippen LogP contribution in [0.5, 0.6) is 0 Å². The van der Waals surface area contributed by atoms with Crippen molar-refractivity contribution in [1.29, 1.82) is 0 Å². The van der Waals surface area contributed by atoms with Crippen molar-refractivity contribution in [2.24, 2.45) is 0 Å². The quantitative estimate of drug-likeness (QED) is 0.614. The third-order valence-electron chi connectivity index (χ3n) is 1.79. The van der Waals surface area contributed by atoms with Gasteiger partial charge in [-0.15, -0.1) is 0 Å². The molecule has 0 aromatic heterocycles. The number of rotatable bonds is 2. The Kier molecular flexibility index (Phi) is 3.48. The van der Waals surface area contributed by atoms with E-state index in [4.69, 9.17) is 5.11 Å². The third-order valence-corrected chi connectivity index (χ3v) is 3.07. The highest BCUT2D eigenvalue weighted by atomic mass is 32.2. The van der Waals surface area contributed by atoms with E-state index in [-0.39, 0.29) is 6.10 Å². The lowest BCUT2D eigenvalue weighted by Gasteiger charge is -2.26. The summed E-state index contributed by atoms with van der Waals surface area (Å²) in [6.07, 6.45) is -0.262. The SMILES string of the molecule is C[C@@H](O)CN1CCS(=O)CC1. The van der Waals surface area contributed by atoms with Gasteiger partial charge in [-0.2, -0.15) is 0 Å². The van der Waals surface area contributed by atoms with Crippen molar-refractivity contribution < 1.29 is 9.32 Å². The second kappa shape index (κ2) is 4.18. The molecule has 0 aromatic carbocycles. The molecule has 1 atom stereocenters. The van der Waals surface area contributed by atoms with Crippen LogP contribution in [0.15, 0.2) is 0 Å². The van der Waals surface area contributed by atoms with E-state index in [0.29, 0.717) is 0 Å². The maximum atomic E-state index is 10.9. The van der Waals surface area contributed by atoms with Gasteiger partial charge in [0.2, 0.25) is 0 Å². The lowest BCUT2D eigenvalue weighted by molar-refractivity contribution is 0.132. The van der Waals surface area contributed by atoms with E-state index in [1.807, 2.05) is 0 Å². The Balaban J connectivity index is 2.22. The number of hydrogen-bond donors (Lipinski definition) is 1. The highest BCUT2D eigenvalue weighted by Gasteiger charge is 2.15. The molecule has 4 heteroatoms. The predicted molar refractivity (Wildman–Crippen MR) is 46.0 cm³/mol. The molecule has 0 radical (unpaired) electrons. The zero-order valence-electron chi connectivity index (χ0n) is 6.82. The Morgan fingerprint density at radius 2 is 2.09 bits per heavy atom. The van der Waals surface area contributed by atoms with Gasteiger partial charge in [-0.25, -0.2) is 0 Å². The van der Waals surface area contributed by atoms with Crippen LogP contribution >= 0.6 is 0 Å². The van der Waals surface area contributed by atoms with Gasteiger partial charge in [0.25, 0.3) is 0 Å². The average Bonchev–Trinajstić information content (AvgIpc) is 1.93. The topological polar surface area (TPSA) is 40.5 Å². The summed E-state index contributed by atoms with van der Waals surface area (Å²) in [6.45, 7) is 4.25. The third kappa shape index (κ3) is 3.31. The fourth-order valence-corrected chi connectivity index (χ4v) is 2.36. The molecule has 0 amide bonds. The first-order chi connectivity index (χ1) is 5.18. The molecule has 1 aliphatic rings. The van der Waals surface area contributed by atoms with Crippen LogP contribution in [0, 0.1) is 0 Å². The van der Waals surface area contributed by atoms with Crippen LogP contribution in [-0.4, -0.2) is 51.5 Å². The van der Waals surface area contributed by atoms with Crippen LogP contribution < -0.4 is 0 Å². The van der Waals surface area contributed by atoms with Gasteiger partial charge in [0.1, 0.15) is 0 Å². The minimum atomic E-state index is -0.599. The standard InChI is InChI=1S/C7H15NO2S/c1-7(9)6-8-2-4-11(10)5-3-8/h7,9H,2-6H2,1H3/t7-/m1/s1. The molecule has 1 fully saturated rings. The highest BCUT2D eigenvalue weighted by Crippen LogP contribution is 2.00. The van der Waals surface area contributed by atoms with Gasteiger partial charge < -0.3 is 5.11 Å². The Hall–Kier alpha value is 0.0700. The molecule has 0 aliphatic carbocycles. The summed E-state index contributed by atoms with van der Waals surface area (Å²) in [5.74, 6) is 1.54. The summed E-state index contributed by atoms with van der Waals surface area (Å²) in [7, 11) is -0.599. The van der Waals surface area contributed by atoms with Crippen molar-refractivity contribution in [2.75, 3.05) is 31.1 Å². The molecular weight excluding hydrogens is 162 g/mol. The summed E-state index contributed by atoms with van der Waals surface area (Å²) in [6, 6.07) is 0. The van der Waals surface area contributed by atoms with E-state index in [9.17, 15) is 4.21 Å². The predicted octanol–water partition coefficient (Wildman–Crippen LogP) is -0.568. The van der Waals surface area contributed by atoms with Gasteiger partial charge in [0.15, 0.2) is 0 Å². The van der Waals surface area contributed by atoms with E-state index in [1.165, 1.54) is 0 Å². The van der Waals surface area contributed by atoms with Crippen LogP contribution in [0.4, 0.5) is 0 Å². The molecule has 1 aliphatic heterocycles. The number of nitrogens with zero attached hydrogens (tertiary/aromatic N) is 1. The number of β-amino-alcohol motifs (C(OH)–C–C–N with tert-alkyl or cyclic N) is 1. The highest BCUT2D eigenvalue weighted by molar-refractivity contribution is 7.85. The van der Waals surface area contributed by atoms with Gasteiger partial charge in [0, 0.05) is 41.9 Å². The van der Waals surface area contributed by atoms with E-state index >= 15 is 0 Å². The molecule has 1 N–H and O–H groups in total. The van der Waals surface area contributed by atoms with Gasteiger partial charge in [0.05, 0.1) is 6.10 Å². The summed E-state index contributed by atoms with van der Waals surface area (Å²) >= 11 is 0. The van der Waals surface area contributed by atoms with Crippen LogP contribution in [0.1, 0.15) is 6.92 Å². The molecule has 0 unspecified atom stereocenters. The Bertz CT molecular complexity index is 139. The van der Waals surface area contributed by atoms with Crippen molar-refractivity contribution in [1.82, 2.24) is 4.90 Å². The molecule has 1 rings (SSSR count). The first-order valence-electron chi connectivity index (χ1n) is 3.94. The van der Waals surface area contributed by atoms with Gasteiger partial charge >= 0.3 is 0 Å². The first kappa shape index (κ1) is 9.16. The Morgan fingerprint density at radius 3 is 2.55 bits per heavy atom. The second-order valence-corrected chi connectivity index (χ2v) is 4.69. The summed E-state index contributed by atoms with van der Waals surface area (Å²) in [5, 5.41) is 9.05. The molecule has 0 bridgehead atoms. The monoisotopic (exact) mass is 177 g/mol. The Morgan fingerprint density at radius 1 is 1.55 bits per heavy atom. The van der Waals surface area contributed by atoms with Crippen molar-refractivity contribution >= 4 is 10.8 Å². The maximum Gasteiger partial charge on any atom is 0.0639 e. The number of aliphatic hydroxyl groups is 1. The smallest absolute Gasteiger partial charge is 0.0639 e. The van der Waals surface area contributed by atoms with E-state index in [2.05, 4.69) is 4.90 Å². The fraction of sp³-hybridized carbons (Fsp3) is 1.00. The van der Waals surface area contributed by atoms with E-state index in [0.717, 1.165) is 31.1 Å². The average molecular weight is 177 g/mol. The van der Waals surface area contributed by atoms with Crippen LogP contribution in [0.3, 0.4) is 0 Å². The van der Waals surface area contributed by atoms with E-state index in [1.54, 1.807) is 6.92 Å². The molecular formula is C7H15NO2S. The summed E-state index contributed by atoms with van der Waals surface area (Å²) in [4.78, 5) is 2.16. The molecule has 3 nitrogen and oxygen atoms in total. The van der Waals surface area contributed by atoms with Crippen molar-refractivity contribution in [3.63, 3.8) is 0 Å². The zero-order chi connectivity index (χ0) is 8.27. The molecule has 11 heavy (non-hydrogen) atoms. The lowest BCUT2D eigenvalue weighted by Crippen LogP contribution is -2.41. The van der Waals surface area contributed by atoms with Crippen molar-refractivity contribution in [3.8, 4) is 0 Å². The van der Waals surface area contributed by atoms with Gasteiger partial charge in [-0.05, 0) is 6.92 Å². The molecule has 1 saturated heterocycles. The minimum absolute atomic E-state index is 0.262. The molecule has 0 saturated carbocycles. The van der Waals surface area contributed by atoms with Gasteiger partial charge in [-0.3, -0.25) is 9.11 Å². The Labute approximate surface area is 69.9 Å². The molecule has 0 spiro atoms. The zero-order valence-corrected chi connectivity index (χ0v) is 7.64. The second-order valence-electron chi connectivity index (χ2n) is 3.00. The van der Waals surface area contributed by atoms with Gasteiger partial charge in [-0.1, -0.05) is 0 Å². The summed E-state index contributed by atoms with van der Waals surface area (Å²) < 4.78 is 10.9. The summed E-state index contributed by atoms with van der Waals surface area (Å²) in [5.41, 5.74) is 0. The first-order valence-corrected chi connectivity index (χ1v) is 5.42. The van der Waals surface area contributed by atoms with Crippen LogP contribution in [0.25, 0.3) is 0 Å². The van der Waals surface area contributed by atoms with Crippen molar-refractivity contribution in [3.05, 3.63) is 0 Å². The van der Waals surface area contributed by atoms with E-state index < -0.39 is 10.8 Å². The number of hydrogen-bond acceptors (Lipinski definition) is 3. The maximum absolute atomic E-state index is 10.9. The fourth-order valence-electron chi connectivity index (χ4n) is 1.23. The number of aliphatic hydroxyl groups excluding tert-OH is 1. The normalized spacial score (nSPS) is 25.3.